The summed E-state index contributed by atoms with van der Waals surface area (Å²) >= 11 is 0. The smallest absolute Gasteiger partial charge is 0.0788 e. The summed E-state index contributed by atoms with van der Waals surface area (Å²) in [5.74, 6) is 0. The van der Waals surface area contributed by atoms with Gasteiger partial charge < -0.3 is 4.90 Å². The molecule has 6 aromatic carbocycles. The van der Waals surface area contributed by atoms with Crippen molar-refractivity contribution >= 4 is 38.7 Å². The fourth-order valence-electron chi connectivity index (χ4n) is 6.70. The summed E-state index contributed by atoms with van der Waals surface area (Å²) in [4.78, 5) is 7.63. The summed E-state index contributed by atoms with van der Waals surface area (Å²) in [5.41, 5.74) is 11.8. The van der Waals surface area contributed by atoms with Gasteiger partial charge in [-0.15, -0.1) is 0 Å². The van der Waals surface area contributed by atoms with Crippen LogP contribution < -0.4 is 4.90 Å². The Kier molecular flexibility index (Phi) is 5.52. The van der Waals surface area contributed by atoms with E-state index in [0.29, 0.717) is 0 Å². The summed E-state index contributed by atoms with van der Waals surface area (Å²) in [6.45, 7) is 4.65. The maximum absolute atomic E-state index is 5.23. The molecule has 0 saturated heterocycles. The molecule has 0 bridgehead atoms. The average molecular weight is 539 g/mol. The average Bonchev–Trinajstić information content (AvgIpc) is 3.05. The first-order chi connectivity index (χ1) is 20.6. The van der Waals surface area contributed by atoms with Crippen molar-refractivity contribution in [1.82, 2.24) is 4.98 Å². The third kappa shape index (κ3) is 3.76. The molecule has 0 atom stereocenters. The van der Waals surface area contributed by atoms with E-state index >= 15 is 0 Å². The van der Waals surface area contributed by atoms with E-state index in [1.807, 2.05) is 0 Å². The molecule has 0 saturated carbocycles. The van der Waals surface area contributed by atoms with Gasteiger partial charge in [-0.2, -0.15) is 0 Å². The molecule has 1 aliphatic rings. The molecule has 0 amide bonds. The molecule has 8 rings (SSSR count). The zero-order valence-electron chi connectivity index (χ0n) is 23.8. The number of nitrogens with zero attached hydrogens (tertiary/aromatic N) is 2. The van der Waals surface area contributed by atoms with E-state index in [2.05, 4.69) is 164 Å². The first-order valence-electron chi connectivity index (χ1n) is 14.6. The lowest BCUT2D eigenvalue weighted by Crippen LogP contribution is -2.30. The van der Waals surface area contributed by atoms with Gasteiger partial charge in [0.15, 0.2) is 0 Å². The number of hydrogen-bond acceptors (Lipinski definition) is 2. The SMILES string of the molecule is CC1(C)c2ccccc2N(c2ccc(-c3nc4ccc(-c5ccccc5)cc4c4ccccc34)cc2)c2ccccc21. The summed E-state index contributed by atoms with van der Waals surface area (Å²) in [6.07, 6.45) is 0. The minimum Gasteiger partial charge on any atom is -0.310 e. The predicted molar refractivity (Wildman–Crippen MR) is 177 cm³/mol. The van der Waals surface area contributed by atoms with Crippen LogP contribution in [-0.2, 0) is 5.41 Å². The zero-order chi connectivity index (χ0) is 28.3. The van der Waals surface area contributed by atoms with Gasteiger partial charge in [0.05, 0.1) is 22.6 Å². The molecule has 1 aliphatic heterocycles. The Labute approximate surface area is 246 Å². The molecule has 0 N–H and O–H groups in total. The molecule has 2 heteroatoms. The van der Waals surface area contributed by atoms with Crippen molar-refractivity contribution in [1.29, 1.82) is 0 Å². The van der Waals surface area contributed by atoms with E-state index in [1.165, 1.54) is 49.8 Å². The molecule has 200 valence electrons. The van der Waals surface area contributed by atoms with Crippen LogP contribution in [0.5, 0.6) is 0 Å². The maximum atomic E-state index is 5.23. The normalized spacial score (nSPS) is 13.6. The van der Waals surface area contributed by atoms with Crippen LogP contribution in [0, 0.1) is 0 Å². The lowest BCUT2D eigenvalue weighted by molar-refractivity contribution is 0.632. The molecule has 2 nitrogen and oxygen atoms in total. The number of rotatable bonds is 3. The van der Waals surface area contributed by atoms with Gasteiger partial charge in [0, 0.05) is 27.4 Å². The van der Waals surface area contributed by atoms with Crippen molar-refractivity contribution in [3.63, 3.8) is 0 Å². The van der Waals surface area contributed by atoms with Crippen molar-refractivity contribution in [2.75, 3.05) is 4.90 Å². The van der Waals surface area contributed by atoms with Crippen molar-refractivity contribution < 1.29 is 0 Å². The Bertz CT molecular complexity index is 2060. The number of anilines is 3. The first-order valence-corrected chi connectivity index (χ1v) is 14.6. The molecule has 42 heavy (non-hydrogen) atoms. The second-order valence-corrected chi connectivity index (χ2v) is 11.6. The molecule has 7 aromatic rings. The van der Waals surface area contributed by atoms with Crippen molar-refractivity contribution in [2.24, 2.45) is 0 Å². The van der Waals surface area contributed by atoms with Crippen LogP contribution >= 0.6 is 0 Å². The Morgan fingerprint density at radius 3 is 1.74 bits per heavy atom. The summed E-state index contributed by atoms with van der Waals surface area (Å²) in [5, 5.41) is 3.57. The van der Waals surface area contributed by atoms with Crippen molar-refractivity contribution in [3.8, 4) is 22.4 Å². The summed E-state index contributed by atoms with van der Waals surface area (Å²) in [7, 11) is 0. The van der Waals surface area contributed by atoms with Gasteiger partial charge in [-0.1, -0.05) is 123 Å². The minimum absolute atomic E-state index is 0.0715. The molecular weight excluding hydrogens is 508 g/mol. The minimum atomic E-state index is -0.0715. The van der Waals surface area contributed by atoms with Gasteiger partial charge in [0.25, 0.3) is 0 Å². The Morgan fingerprint density at radius 1 is 0.476 bits per heavy atom. The Hall–Kier alpha value is -5.21. The van der Waals surface area contributed by atoms with Crippen LogP contribution in [0.15, 0.2) is 146 Å². The zero-order valence-corrected chi connectivity index (χ0v) is 23.8. The number of pyridine rings is 1. The standard InChI is InChI=1S/C40H30N2/c1-40(2)34-16-8-10-18-37(34)42(38-19-11-9-17-35(38)40)30-23-20-28(21-24-30)39-32-15-7-6-14-31(32)33-26-29(22-25-36(33)41-39)27-12-4-3-5-13-27/h3-26H,1-2H3. The van der Waals surface area contributed by atoms with E-state index < -0.39 is 0 Å². The lowest BCUT2D eigenvalue weighted by Gasteiger charge is -2.42. The topological polar surface area (TPSA) is 16.1 Å². The third-order valence-corrected chi connectivity index (χ3v) is 8.84. The first kappa shape index (κ1) is 24.6. The van der Waals surface area contributed by atoms with Gasteiger partial charge in [0.1, 0.15) is 0 Å². The van der Waals surface area contributed by atoms with E-state index in [4.69, 9.17) is 4.98 Å². The van der Waals surface area contributed by atoms with Gasteiger partial charge in [-0.25, -0.2) is 4.98 Å². The highest BCUT2D eigenvalue weighted by molar-refractivity contribution is 6.11. The molecule has 0 spiro atoms. The Balaban J connectivity index is 1.26. The van der Waals surface area contributed by atoms with Gasteiger partial charge >= 0.3 is 0 Å². The lowest BCUT2D eigenvalue weighted by atomic mass is 9.73. The van der Waals surface area contributed by atoms with Crippen LogP contribution in [0.25, 0.3) is 44.1 Å². The highest BCUT2D eigenvalue weighted by atomic mass is 15.2. The van der Waals surface area contributed by atoms with Crippen LogP contribution in [0.2, 0.25) is 0 Å². The van der Waals surface area contributed by atoms with Crippen LogP contribution in [0.1, 0.15) is 25.0 Å². The van der Waals surface area contributed by atoms with Gasteiger partial charge in [-0.3, -0.25) is 0 Å². The molecule has 2 heterocycles. The largest absolute Gasteiger partial charge is 0.310 e. The fourth-order valence-corrected chi connectivity index (χ4v) is 6.70. The fraction of sp³-hybridized carbons (Fsp3) is 0.0750. The monoisotopic (exact) mass is 538 g/mol. The predicted octanol–water partition coefficient (Wildman–Crippen LogP) is 10.8. The molecular formula is C40H30N2. The molecule has 0 unspecified atom stereocenters. The van der Waals surface area contributed by atoms with E-state index in [9.17, 15) is 0 Å². The van der Waals surface area contributed by atoms with E-state index in [-0.39, 0.29) is 5.41 Å². The summed E-state index contributed by atoms with van der Waals surface area (Å²) < 4.78 is 0. The van der Waals surface area contributed by atoms with Crippen LogP contribution in [-0.4, -0.2) is 4.98 Å². The number of para-hydroxylation sites is 2. The van der Waals surface area contributed by atoms with Crippen molar-refractivity contribution in [3.05, 3.63) is 157 Å². The maximum Gasteiger partial charge on any atom is 0.0788 e. The summed E-state index contributed by atoms with van der Waals surface area (Å²) in [6, 6.07) is 52.3. The van der Waals surface area contributed by atoms with E-state index in [0.717, 1.165) is 22.5 Å². The molecule has 1 aromatic heterocycles. The number of hydrogen-bond donors (Lipinski definition) is 0. The van der Waals surface area contributed by atoms with Crippen molar-refractivity contribution in [2.45, 2.75) is 19.3 Å². The second kappa shape index (κ2) is 9.43. The van der Waals surface area contributed by atoms with Crippen LogP contribution in [0.4, 0.5) is 17.1 Å². The van der Waals surface area contributed by atoms with Gasteiger partial charge in [0.2, 0.25) is 0 Å². The molecule has 0 aliphatic carbocycles. The molecule has 0 fully saturated rings. The molecule has 0 radical (unpaired) electrons. The highest BCUT2D eigenvalue weighted by Gasteiger charge is 2.36. The Morgan fingerprint density at radius 2 is 1.05 bits per heavy atom. The van der Waals surface area contributed by atoms with Crippen LogP contribution in [0.3, 0.4) is 0 Å². The van der Waals surface area contributed by atoms with Gasteiger partial charge in [-0.05, 0) is 64.0 Å². The van der Waals surface area contributed by atoms with E-state index in [1.54, 1.807) is 0 Å². The number of aromatic nitrogens is 1. The number of fused-ring (bicyclic) bond motifs is 5. The number of benzene rings is 6. The second-order valence-electron chi connectivity index (χ2n) is 11.6. The quantitative estimate of drug-likeness (QED) is 0.208. The third-order valence-electron chi connectivity index (χ3n) is 8.84. The highest BCUT2D eigenvalue weighted by Crippen LogP contribution is 2.51.